The summed E-state index contributed by atoms with van der Waals surface area (Å²) in [5.41, 5.74) is 6.88. The van der Waals surface area contributed by atoms with Crippen LogP contribution in [0.2, 0.25) is 0 Å². The molecule has 0 aromatic heterocycles. The first-order chi connectivity index (χ1) is 13.3. The van der Waals surface area contributed by atoms with Crippen molar-refractivity contribution < 1.29 is 0 Å². The number of hydrogen-bond donors (Lipinski definition) is 0. The predicted octanol–water partition coefficient (Wildman–Crippen LogP) is 8.17. The van der Waals surface area contributed by atoms with Gasteiger partial charge in [0.15, 0.2) is 0 Å². The maximum atomic E-state index is 2.36. The van der Waals surface area contributed by atoms with E-state index >= 15 is 0 Å². The van der Waals surface area contributed by atoms with Crippen molar-refractivity contribution in [1.29, 1.82) is 0 Å². The lowest BCUT2D eigenvalue weighted by atomic mass is 9.84. The maximum absolute atomic E-state index is 2.36. The second-order valence-corrected chi connectivity index (χ2v) is 9.20. The number of aryl methyl sites for hydroxylation is 2. The van der Waals surface area contributed by atoms with Crippen LogP contribution in [0, 0.1) is 13.8 Å². The van der Waals surface area contributed by atoms with Crippen molar-refractivity contribution in [3.63, 3.8) is 0 Å². The lowest BCUT2D eigenvalue weighted by Crippen LogP contribution is -2.10. The highest BCUT2D eigenvalue weighted by Gasteiger charge is 2.16. The molecule has 138 valence electrons. The lowest BCUT2D eigenvalue weighted by Gasteiger charge is -2.20. The third kappa shape index (κ3) is 2.44. The van der Waals surface area contributed by atoms with Crippen molar-refractivity contribution in [2.24, 2.45) is 0 Å². The van der Waals surface area contributed by atoms with Crippen molar-refractivity contribution in [2.45, 2.75) is 40.0 Å². The summed E-state index contributed by atoms with van der Waals surface area (Å²) in [5, 5.41) is 8.25. The molecule has 0 bridgehead atoms. The van der Waals surface area contributed by atoms with E-state index in [1.54, 1.807) is 0 Å². The van der Waals surface area contributed by atoms with Crippen molar-refractivity contribution in [1.82, 2.24) is 0 Å². The molecule has 0 radical (unpaired) electrons. The zero-order valence-electron chi connectivity index (χ0n) is 17.4. The van der Waals surface area contributed by atoms with Gasteiger partial charge in [0.05, 0.1) is 0 Å². The van der Waals surface area contributed by atoms with Crippen LogP contribution in [0.25, 0.3) is 43.4 Å². The van der Waals surface area contributed by atoms with Gasteiger partial charge in [0.1, 0.15) is 0 Å². The Morgan fingerprint density at radius 2 is 1.18 bits per heavy atom. The molecule has 0 aliphatic rings. The van der Waals surface area contributed by atoms with Crippen LogP contribution in [0.4, 0.5) is 0 Å². The van der Waals surface area contributed by atoms with E-state index in [0.717, 1.165) is 0 Å². The molecule has 28 heavy (non-hydrogen) atoms. The first-order valence-electron chi connectivity index (χ1n) is 10.1. The molecule has 0 N–H and O–H groups in total. The second-order valence-electron chi connectivity index (χ2n) is 9.20. The topological polar surface area (TPSA) is 0 Å². The highest BCUT2D eigenvalue weighted by molar-refractivity contribution is 6.26. The molecule has 5 aromatic carbocycles. The summed E-state index contributed by atoms with van der Waals surface area (Å²) in [6.07, 6.45) is 0. The summed E-state index contributed by atoms with van der Waals surface area (Å²) in [6.45, 7) is 11.3. The van der Waals surface area contributed by atoms with Crippen LogP contribution < -0.4 is 0 Å². The molecule has 0 heterocycles. The van der Waals surface area contributed by atoms with E-state index in [2.05, 4.69) is 101 Å². The van der Waals surface area contributed by atoms with Crippen LogP contribution in [-0.4, -0.2) is 0 Å². The highest BCUT2D eigenvalue weighted by Crippen LogP contribution is 2.41. The third-order valence-corrected chi connectivity index (χ3v) is 6.27. The van der Waals surface area contributed by atoms with Gasteiger partial charge in [0, 0.05) is 0 Å². The van der Waals surface area contributed by atoms with Gasteiger partial charge in [-0.15, -0.1) is 0 Å². The Kier molecular flexibility index (Phi) is 3.58. The minimum atomic E-state index is 0.175. The average molecular weight is 363 g/mol. The molecule has 0 spiro atoms. The Labute approximate surface area is 167 Å². The van der Waals surface area contributed by atoms with Gasteiger partial charge < -0.3 is 0 Å². The fourth-order valence-electron chi connectivity index (χ4n) is 4.61. The molecule has 0 heteroatoms. The summed E-state index contributed by atoms with van der Waals surface area (Å²) < 4.78 is 0. The van der Waals surface area contributed by atoms with Gasteiger partial charge in [-0.25, -0.2) is 0 Å². The normalized spacial score (nSPS) is 12.5. The molecule has 0 saturated heterocycles. The van der Waals surface area contributed by atoms with E-state index in [0.29, 0.717) is 0 Å². The molecule has 5 rings (SSSR count). The standard InChI is InChI=1S/C28H26/c1-17-6-7-20-10-13-23-18(2)16-25(24-15-14-22(17)26(20)27(23)24)19-8-11-21(12-9-19)28(3,4)5/h6-16H,1-5H3. The molecular weight excluding hydrogens is 336 g/mol. The van der Waals surface area contributed by atoms with E-state index in [9.17, 15) is 0 Å². The Morgan fingerprint density at radius 3 is 1.89 bits per heavy atom. The third-order valence-electron chi connectivity index (χ3n) is 6.27. The predicted molar refractivity (Wildman–Crippen MR) is 124 cm³/mol. The molecule has 5 aromatic rings. The number of benzene rings is 5. The highest BCUT2D eigenvalue weighted by atomic mass is 14.2. The van der Waals surface area contributed by atoms with Crippen LogP contribution in [0.5, 0.6) is 0 Å². The SMILES string of the molecule is Cc1ccc2ccc3c(C)cc(-c4ccc(C(C)(C)C)cc4)c4ccc1c2c34. The van der Waals surface area contributed by atoms with E-state index in [1.165, 1.54) is 60.1 Å². The Bertz CT molecular complexity index is 1330. The minimum Gasteiger partial charge on any atom is -0.0581 e. The molecule has 0 nitrogen and oxygen atoms in total. The van der Waals surface area contributed by atoms with E-state index in [4.69, 9.17) is 0 Å². The Balaban J connectivity index is 1.87. The largest absolute Gasteiger partial charge is 0.0581 e. The zero-order chi connectivity index (χ0) is 19.6. The van der Waals surface area contributed by atoms with Crippen molar-refractivity contribution in [3.8, 4) is 11.1 Å². The molecule has 0 fully saturated rings. The van der Waals surface area contributed by atoms with Gasteiger partial charge in [-0.3, -0.25) is 0 Å². The monoisotopic (exact) mass is 362 g/mol. The van der Waals surface area contributed by atoms with Crippen LogP contribution in [-0.2, 0) is 5.41 Å². The molecule has 0 amide bonds. The summed E-state index contributed by atoms with van der Waals surface area (Å²) in [6, 6.07) is 25.2. The van der Waals surface area contributed by atoms with Crippen LogP contribution in [0.15, 0.2) is 66.7 Å². The molecule has 0 saturated carbocycles. The van der Waals surface area contributed by atoms with Gasteiger partial charge >= 0.3 is 0 Å². The summed E-state index contributed by atoms with van der Waals surface area (Å²) >= 11 is 0. The fraction of sp³-hybridized carbons (Fsp3) is 0.214. The molecule has 0 atom stereocenters. The van der Waals surface area contributed by atoms with Crippen molar-refractivity contribution in [3.05, 3.63) is 83.4 Å². The van der Waals surface area contributed by atoms with Crippen molar-refractivity contribution >= 4 is 32.3 Å². The number of rotatable bonds is 1. The molecule has 0 aliphatic heterocycles. The zero-order valence-corrected chi connectivity index (χ0v) is 17.4. The van der Waals surface area contributed by atoms with Gasteiger partial charge in [0.2, 0.25) is 0 Å². The van der Waals surface area contributed by atoms with Gasteiger partial charge in [0.25, 0.3) is 0 Å². The molecular formula is C28H26. The van der Waals surface area contributed by atoms with Gasteiger partial charge in [-0.2, -0.15) is 0 Å². The van der Waals surface area contributed by atoms with Crippen LogP contribution >= 0.6 is 0 Å². The van der Waals surface area contributed by atoms with Crippen LogP contribution in [0.1, 0.15) is 37.5 Å². The minimum absolute atomic E-state index is 0.175. The van der Waals surface area contributed by atoms with E-state index in [1.807, 2.05) is 0 Å². The Morgan fingerprint density at radius 1 is 0.571 bits per heavy atom. The maximum Gasteiger partial charge on any atom is -0.00178 e. The first-order valence-corrected chi connectivity index (χ1v) is 10.1. The van der Waals surface area contributed by atoms with Crippen LogP contribution in [0.3, 0.4) is 0 Å². The Hall–Kier alpha value is -2.86. The summed E-state index contributed by atoms with van der Waals surface area (Å²) in [4.78, 5) is 0. The molecule has 0 aliphatic carbocycles. The van der Waals surface area contributed by atoms with E-state index < -0.39 is 0 Å². The van der Waals surface area contributed by atoms with Gasteiger partial charge in [-0.05, 0) is 79.4 Å². The quantitative estimate of drug-likeness (QED) is 0.264. The van der Waals surface area contributed by atoms with Gasteiger partial charge in [-0.1, -0.05) is 87.5 Å². The average Bonchev–Trinajstić information content (AvgIpc) is 2.68. The lowest BCUT2D eigenvalue weighted by molar-refractivity contribution is 0.590. The summed E-state index contributed by atoms with van der Waals surface area (Å²) in [5.74, 6) is 0. The summed E-state index contributed by atoms with van der Waals surface area (Å²) in [7, 11) is 0. The van der Waals surface area contributed by atoms with E-state index in [-0.39, 0.29) is 5.41 Å². The molecule has 0 unspecified atom stereocenters. The number of hydrogen-bond acceptors (Lipinski definition) is 0. The van der Waals surface area contributed by atoms with Crippen molar-refractivity contribution in [2.75, 3.05) is 0 Å². The fourth-order valence-corrected chi connectivity index (χ4v) is 4.61. The second kappa shape index (κ2) is 5.82. The first kappa shape index (κ1) is 17.3. The smallest absolute Gasteiger partial charge is 0.00178 e.